The minimum atomic E-state index is -0.185. The third-order valence-corrected chi connectivity index (χ3v) is 6.00. The Bertz CT molecular complexity index is 1010. The van der Waals surface area contributed by atoms with Crippen LogP contribution in [-0.4, -0.2) is 24.4 Å². The summed E-state index contributed by atoms with van der Waals surface area (Å²) in [7, 11) is 0. The molecule has 154 valence electrons. The maximum atomic E-state index is 12.7. The molecule has 30 heavy (non-hydrogen) atoms. The number of rotatable bonds is 8. The summed E-state index contributed by atoms with van der Waals surface area (Å²) in [5.41, 5.74) is 3.33. The van der Waals surface area contributed by atoms with Gasteiger partial charge in [0.25, 0.3) is 5.91 Å². The highest BCUT2D eigenvalue weighted by Gasteiger charge is 2.25. The molecule has 0 radical (unpaired) electrons. The van der Waals surface area contributed by atoms with E-state index in [1.165, 1.54) is 5.56 Å². The molecule has 1 atom stereocenters. The van der Waals surface area contributed by atoms with E-state index in [1.54, 1.807) is 29.5 Å². The fourth-order valence-corrected chi connectivity index (χ4v) is 4.09. The van der Waals surface area contributed by atoms with Gasteiger partial charge >= 0.3 is 0 Å². The third-order valence-electron chi connectivity index (χ3n) is 5.06. The Morgan fingerprint density at radius 1 is 1.03 bits per heavy atom. The number of carbonyl (C=O) groups excluding carboxylic acids is 2. The molecule has 1 fully saturated rings. The Labute approximate surface area is 180 Å². The second-order valence-electron chi connectivity index (χ2n) is 7.58. The van der Waals surface area contributed by atoms with E-state index in [-0.39, 0.29) is 30.4 Å². The van der Waals surface area contributed by atoms with Gasteiger partial charge in [0.2, 0.25) is 5.91 Å². The molecule has 0 aliphatic heterocycles. The molecule has 1 aliphatic rings. The Kier molecular flexibility index (Phi) is 6.26. The van der Waals surface area contributed by atoms with Crippen molar-refractivity contribution in [3.05, 3.63) is 87.6 Å². The van der Waals surface area contributed by atoms with Gasteiger partial charge in [-0.25, -0.2) is 0 Å². The maximum absolute atomic E-state index is 12.7. The molecule has 1 saturated carbocycles. The van der Waals surface area contributed by atoms with E-state index in [0.717, 1.165) is 23.3 Å². The SMILES string of the molecule is Cc1ccc([C@@H](NCC(=O)Nc2ccccc2C(=O)NC2CC2)c2cccs2)cc1. The van der Waals surface area contributed by atoms with Gasteiger partial charge in [-0.1, -0.05) is 48.0 Å². The Morgan fingerprint density at radius 3 is 2.50 bits per heavy atom. The largest absolute Gasteiger partial charge is 0.349 e. The van der Waals surface area contributed by atoms with Crippen molar-refractivity contribution in [2.45, 2.75) is 31.8 Å². The van der Waals surface area contributed by atoms with Crippen LogP contribution in [0.3, 0.4) is 0 Å². The molecule has 3 aromatic rings. The van der Waals surface area contributed by atoms with Gasteiger partial charge in [-0.05, 0) is 48.9 Å². The molecular weight excluding hydrogens is 394 g/mol. The van der Waals surface area contributed by atoms with Crippen LogP contribution in [0.4, 0.5) is 5.69 Å². The molecule has 0 saturated heterocycles. The molecule has 2 amide bonds. The molecule has 2 aromatic carbocycles. The molecule has 4 rings (SSSR count). The summed E-state index contributed by atoms with van der Waals surface area (Å²) in [5.74, 6) is -0.326. The summed E-state index contributed by atoms with van der Waals surface area (Å²) in [6.07, 6.45) is 2.04. The first-order valence-corrected chi connectivity index (χ1v) is 11.0. The van der Waals surface area contributed by atoms with Crippen LogP contribution in [0, 0.1) is 6.92 Å². The van der Waals surface area contributed by atoms with Gasteiger partial charge in [-0.15, -0.1) is 11.3 Å². The fourth-order valence-electron chi connectivity index (χ4n) is 3.27. The number of hydrogen-bond donors (Lipinski definition) is 3. The summed E-state index contributed by atoms with van der Waals surface area (Å²) in [6, 6.07) is 19.7. The lowest BCUT2D eigenvalue weighted by molar-refractivity contribution is -0.115. The van der Waals surface area contributed by atoms with Gasteiger partial charge < -0.3 is 10.6 Å². The van der Waals surface area contributed by atoms with E-state index >= 15 is 0 Å². The monoisotopic (exact) mass is 419 g/mol. The van der Waals surface area contributed by atoms with Crippen molar-refractivity contribution in [1.29, 1.82) is 0 Å². The summed E-state index contributed by atoms with van der Waals surface area (Å²) in [6.45, 7) is 2.19. The quantitative estimate of drug-likeness (QED) is 0.511. The molecule has 1 aromatic heterocycles. The molecule has 0 spiro atoms. The van der Waals surface area contributed by atoms with Crippen LogP contribution >= 0.6 is 11.3 Å². The fraction of sp³-hybridized carbons (Fsp3) is 0.250. The first-order valence-electron chi connectivity index (χ1n) is 10.1. The normalized spacial score (nSPS) is 14.2. The van der Waals surface area contributed by atoms with Crippen LogP contribution in [-0.2, 0) is 4.79 Å². The smallest absolute Gasteiger partial charge is 0.253 e. The predicted octanol–water partition coefficient (Wildman–Crippen LogP) is 4.27. The van der Waals surface area contributed by atoms with Crippen molar-refractivity contribution in [3.8, 4) is 0 Å². The number of amides is 2. The van der Waals surface area contributed by atoms with Crippen molar-refractivity contribution in [1.82, 2.24) is 10.6 Å². The van der Waals surface area contributed by atoms with Gasteiger partial charge in [-0.2, -0.15) is 0 Å². The summed E-state index contributed by atoms with van der Waals surface area (Å²) in [4.78, 5) is 26.3. The molecule has 0 unspecified atom stereocenters. The average Bonchev–Trinajstić information content (AvgIpc) is 3.39. The van der Waals surface area contributed by atoms with E-state index in [0.29, 0.717) is 11.3 Å². The number of aryl methyl sites for hydroxylation is 1. The van der Waals surface area contributed by atoms with E-state index in [9.17, 15) is 9.59 Å². The van der Waals surface area contributed by atoms with Gasteiger partial charge in [0, 0.05) is 10.9 Å². The molecular formula is C24H25N3O2S. The van der Waals surface area contributed by atoms with E-state index < -0.39 is 0 Å². The van der Waals surface area contributed by atoms with Crippen molar-refractivity contribution in [2.24, 2.45) is 0 Å². The summed E-state index contributed by atoms with van der Waals surface area (Å²) >= 11 is 1.66. The number of benzene rings is 2. The minimum Gasteiger partial charge on any atom is -0.349 e. The molecule has 0 bridgehead atoms. The Hall–Kier alpha value is -2.96. The Morgan fingerprint density at radius 2 is 1.80 bits per heavy atom. The number of thiophene rings is 1. The van der Waals surface area contributed by atoms with Crippen LogP contribution in [0.5, 0.6) is 0 Å². The summed E-state index contributed by atoms with van der Waals surface area (Å²) in [5, 5.41) is 11.3. The first kappa shape index (κ1) is 20.3. The molecule has 1 aliphatic carbocycles. The van der Waals surface area contributed by atoms with Crippen LogP contribution in [0.25, 0.3) is 0 Å². The van der Waals surface area contributed by atoms with Gasteiger partial charge in [0.15, 0.2) is 0 Å². The predicted molar refractivity (Wildman–Crippen MR) is 121 cm³/mol. The highest BCUT2D eigenvalue weighted by Crippen LogP contribution is 2.26. The first-order chi connectivity index (χ1) is 14.6. The summed E-state index contributed by atoms with van der Waals surface area (Å²) < 4.78 is 0. The topological polar surface area (TPSA) is 70.2 Å². The molecule has 1 heterocycles. The number of para-hydroxylation sites is 1. The zero-order valence-corrected chi connectivity index (χ0v) is 17.7. The van der Waals surface area contributed by atoms with Crippen LogP contribution in [0.1, 0.15) is 45.2 Å². The average molecular weight is 420 g/mol. The highest BCUT2D eigenvalue weighted by molar-refractivity contribution is 7.10. The van der Waals surface area contributed by atoms with Gasteiger partial charge in [0.05, 0.1) is 23.8 Å². The van der Waals surface area contributed by atoms with Crippen molar-refractivity contribution < 1.29 is 9.59 Å². The lowest BCUT2D eigenvalue weighted by atomic mass is 10.0. The van der Waals surface area contributed by atoms with Gasteiger partial charge in [-0.3, -0.25) is 14.9 Å². The molecule has 6 heteroatoms. The zero-order chi connectivity index (χ0) is 20.9. The highest BCUT2D eigenvalue weighted by atomic mass is 32.1. The van der Waals surface area contributed by atoms with Crippen LogP contribution in [0.2, 0.25) is 0 Å². The van der Waals surface area contributed by atoms with Crippen molar-refractivity contribution >= 4 is 28.8 Å². The number of nitrogens with one attached hydrogen (secondary N) is 3. The third kappa shape index (κ3) is 5.14. The van der Waals surface area contributed by atoms with E-state index in [1.807, 2.05) is 17.5 Å². The Balaban J connectivity index is 1.43. The number of anilines is 1. The molecule has 3 N–H and O–H groups in total. The van der Waals surface area contributed by atoms with Crippen LogP contribution < -0.4 is 16.0 Å². The van der Waals surface area contributed by atoms with E-state index in [4.69, 9.17) is 0 Å². The molecule has 5 nitrogen and oxygen atoms in total. The van der Waals surface area contributed by atoms with Crippen molar-refractivity contribution in [3.63, 3.8) is 0 Å². The maximum Gasteiger partial charge on any atom is 0.253 e. The van der Waals surface area contributed by atoms with Crippen LogP contribution in [0.15, 0.2) is 66.0 Å². The van der Waals surface area contributed by atoms with E-state index in [2.05, 4.69) is 53.2 Å². The van der Waals surface area contributed by atoms with Gasteiger partial charge in [0.1, 0.15) is 0 Å². The zero-order valence-electron chi connectivity index (χ0n) is 16.9. The number of hydrogen-bond acceptors (Lipinski definition) is 4. The second-order valence-corrected chi connectivity index (χ2v) is 8.56. The number of carbonyl (C=O) groups is 2. The van der Waals surface area contributed by atoms with Crippen molar-refractivity contribution in [2.75, 3.05) is 11.9 Å². The standard InChI is InChI=1S/C24H25N3O2S/c1-16-8-10-17(11-9-16)23(21-7-4-14-30-21)25-15-22(28)27-20-6-3-2-5-19(20)24(29)26-18-12-13-18/h2-11,14,18,23,25H,12-13,15H2,1H3,(H,26,29)(H,27,28)/t23-/m1/s1. The lowest BCUT2D eigenvalue weighted by Gasteiger charge is -2.18. The second kappa shape index (κ2) is 9.24. The minimum absolute atomic E-state index is 0.0650. The lowest BCUT2D eigenvalue weighted by Crippen LogP contribution is -2.32.